The van der Waals surface area contributed by atoms with Crippen molar-refractivity contribution in [3.05, 3.63) is 53.6 Å². The van der Waals surface area contributed by atoms with Gasteiger partial charge in [0.25, 0.3) is 0 Å². The Balaban J connectivity index is 1.63. The van der Waals surface area contributed by atoms with E-state index < -0.39 is 6.09 Å². The summed E-state index contributed by atoms with van der Waals surface area (Å²) < 4.78 is 0. The molecule has 2 saturated heterocycles. The number of benzene rings is 2. The smallest absolute Gasteiger partial charge is 0.411 e. The monoisotopic (exact) mass is 384 g/mol. The van der Waals surface area contributed by atoms with Gasteiger partial charge in [-0.15, -0.1) is 0 Å². The van der Waals surface area contributed by atoms with Crippen LogP contribution < -0.4 is 4.90 Å². The maximum atomic E-state index is 12.2. The van der Waals surface area contributed by atoms with E-state index in [4.69, 9.17) is 11.6 Å². The summed E-state index contributed by atoms with van der Waals surface area (Å²) in [6.07, 6.45) is 3.75. The van der Waals surface area contributed by atoms with Gasteiger partial charge in [-0.2, -0.15) is 0 Å². The largest absolute Gasteiger partial charge is 0.465 e. The maximum absolute atomic E-state index is 12.2. The number of carbonyl (C=O) groups is 1. The average molecular weight is 385 g/mol. The standard InChI is InChI=1S/C22H25ClN2O2/c1-24-18-9-10-19(24)12-15(11-18)14-25(22(26)27)21-8-3-2-7-20(21)16-5-4-6-17(23)13-16/h2-8,13,15,18-19H,9-12,14H2,1H3,(H,26,27). The topological polar surface area (TPSA) is 43.8 Å². The summed E-state index contributed by atoms with van der Waals surface area (Å²) in [6.45, 7) is 0.549. The first-order valence-corrected chi connectivity index (χ1v) is 9.98. The maximum Gasteiger partial charge on any atom is 0.411 e. The van der Waals surface area contributed by atoms with Crippen molar-refractivity contribution in [1.29, 1.82) is 0 Å². The van der Waals surface area contributed by atoms with E-state index in [1.807, 2.05) is 48.5 Å². The van der Waals surface area contributed by atoms with Gasteiger partial charge < -0.3 is 10.0 Å². The number of nitrogens with zero attached hydrogens (tertiary/aromatic N) is 2. The van der Waals surface area contributed by atoms with Crippen LogP contribution >= 0.6 is 11.6 Å². The molecule has 5 heteroatoms. The molecule has 1 amide bonds. The second-order valence-corrected chi connectivity index (χ2v) is 8.25. The number of hydrogen-bond acceptors (Lipinski definition) is 2. The highest BCUT2D eigenvalue weighted by Gasteiger charge is 2.39. The van der Waals surface area contributed by atoms with Gasteiger partial charge in [-0.05, 0) is 62.4 Å². The number of fused-ring (bicyclic) bond motifs is 2. The SMILES string of the molecule is CN1C2CCC1CC(CN(C(=O)O)c1ccccc1-c1cccc(Cl)c1)C2. The Morgan fingerprint density at radius 2 is 1.85 bits per heavy atom. The van der Waals surface area contributed by atoms with Crippen molar-refractivity contribution in [2.45, 2.75) is 37.8 Å². The van der Waals surface area contributed by atoms with Crippen molar-refractivity contribution in [2.24, 2.45) is 5.92 Å². The molecule has 4 rings (SSSR count). The van der Waals surface area contributed by atoms with Gasteiger partial charge in [0, 0.05) is 29.2 Å². The lowest BCUT2D eigenvalue weighted by Gasteiger charge is -2.38. The van der Waals surface area contributed by atoms with Crippen molar-refractivity contribution < 1.29 is 9.90 Å². The van der Waals surface area contributed by atoms with Gasteiger partial charge in [-0.25, -0.2) is 4.79 Å². The number of para-hydroxylation sites is 1. The molecule has 0 aliphatic carbocycles. The molecule has 2 unspecified atom stereocenters. The van der Waals surface area contributed by atoms with Gasteiger partial charge in [0.05, 0.1) is 5.69 Å². The summed E-state index contributed by atoms with van der Waals surface area (Å²) >= 11 is 6.16. The molecule has 2 heterocycles. The Kier molecular flexibility index (Phi) is 5.11. The van der Waals surface area contributed by atoms with E-state index in [1.54, 1.807) is 0 Å². The van der Waals surface area contributed by atoms with E-state index in [2.05, 4.69) is 11.9 Å². The zero-order valence-electron chi connectivity index (χ0n) is 15.5. The second-order valence-electron chi connectivity index (χ2n) is 7.81. The first-order valence-electron chi connectivity index (χ1n) is 9.60. The molecule has 2 aromatic carbocycles. The molecule has 2 bridgehead atoms. The lowest BCUT2D eigenvalue weighted by Crippen LogP contribution is -2.44. The highest BCUT2D eigenvalue weighted by Crippen LogP contribution is 2.39. The summed E-state index contributed by atoms with van der Waals surface area (Å²) in [6, 6.07) is 16.5. The Morgan fingerprint density at radius 1 is 1.15 bits per heavy atom. The minimum Gasteiger partial charge on any atom is -0.465 e. The van der Waals surface area contributed by atoms with Crippen LogP contribution in [0.2, 0.25) is 5.02 Å². The van der Waals surface area contributed by atoms with Crippen LogP contribution in [0.1, 0.15) is 25.7 Å². The summed E-state index contributed by atoms with van der Waals surface area (Å²) in [4.78, 5) is 16.2. The molecule has 0 spiro atoms. The van der Waals surface area contributed by atoms with E-state index in [0.717, 1.165) is 29.7 Å². The molecule has 142 valence electrons. The molecule has 2 aliphatic heterocycles. The van der Waals surface area contributed by atoms with Crippen LogP contribution in [-0.2, 0) is 0 Å². The van der Waals surface area contributed by atoms with Crippen LogP contribution in [0.5, 0.6) is 0 Å². The molecule has 0 saturated carbocycles. The predicted molar refractivity (Wildman–Crippen MR) is 110 cm³/mol. The zero-order chi connectivity index (χ0) is 19.0. The quantitative estimate of drug-likeness (QED) is 0.771. The normalized spacial score (nSPS) is 24.7. The minimum atomic E-state index is -0.893. The van der Waals surface area contributed by atoms with Crippen molar-refractivity contribution in [1.82, 2.24) is 4.90 Å². The summed E-state index contributed by atoms with van der Waals surface area (Å²) in [5.41, 5.74) is 2.57. The Bertz CT molecular complexity index is 827. The lowest BCUT2D eigenvalue weighted by molar-refractivity contribution is 0.134. The Morgan fingerprint density at radius 3 is 2.52 bits per heavy atom. The van der Waals surface area contributed by atoms with Gasteiger partial charge in [0.15, 0.2) is 0 Å². The zero-order valence-corrected chi connectivity index (χ0v) is 16.3. The molecule has 0 aromatic heterocycles. The highest BCUT2D eigenvalue weighted by molar-refractivity contribution is 6.30. The van der Waals surface area contributed by atoms with Crippen molar-refractivity contribution >= 4 is 23.4 Å². The van der Waals surface area contributed by atoms with E-state index in [1.165, 1.54) is 17.7 Å². The van der Waals surface area contributed by atoms with Crippen LogP contribution in [0.15, 0.2) is 48.5 Å². The number of anilines is 1. The highest BCUT2D eigenvalue weighted by atomic mass is 35.5. The number of rotatable bonds is 4. The fraction of sp³-hybridized carbons (Fsp3) is 0.409. The fourth-order valence-electron chi connectivity index (χ4n) is 4.82. The minimum absolute atomic E-state index is 0.405. The molecule has 4 nitrogen and oxygen atoms in total. The number of amides is 1. The average Bonchev–Trinajstić information content (AvgIpc) is 2.87. The second kappa shape index (κ2) is 7.53. The third-order valence-electron chi connectivity index (χ3n) is 6.20. The summed E-state index contributed by atoms with van der Waals surface area (Å²) in [5.74, 6) is 0.405. The van der Waals surface area contributed by atoms with Crippen molar-refractivity contribution in [3.8, 4) is 11.1 Å². The number of halogens is 1. The van der Waals surface area contributed by atoms with Gasteiger partial charge in [-0.3, -0.25) is 4.90 Å². The molecular weight excluding hydrogens is 360 g/mol. The number of hydrogen-bond donors (Lipinski definition) is 1. The van der Waals surface area contributed by atoms with Crippen LogP contribution in [0, 0.1) is 5.92 Å². The fourth-order valence-corrected chi connectivity index (χ4v) is 5.01. The van der Waals surface area contributed by atoms with Crippen molar-refractivity contribution in [3.63, 3.8) is 0 Å². The Labute approximate surface area is 165 Å². The van der Waals surface area contributed by atoms with Gasteiger partial charge in [0.1, 0.15) is 0 Å². The van der Waals surface area contributed by atoms with Crippen molar-refractivity contribution in [2.75, 3.05) is 18.5 Å². The predicted octanol–water partition coefficient (Wildman–Crippen LogP) is 5.36. The van der Waals surface area contributed by atoms with Crippen LogP contribution in [0.25, 0.3) is 11.1 Å². The molecule has 1 N–H and O–H groups in total. The van der Waals surface area contributed by atoms with Crippen LogP contribution in [0.3, 0.4) is 0 Å². The van der Waals surface area contributed by atoms with Crippen LogP contribution in [-0.4, -0.2) is 41.8 Å². The third kappa shape index (κ3) is 3.69. The Hall–Kier alpha value is -2.04. The molecular formula is C22H25ClN2O2. The number of carboxylic acid groups (broad SMARTS) is 1. The van der Waals surface area contributed by atoms with Crippen LogP contribution in [0.4, 0.5) is 10.5 Å². The summed E-state index contributed by atoms with van der Waals surface area (Å²) in [7, 11) is 2.21. The first kappa shape index (κ1) is 18.3. The third-order valence-corrected chi connectivity index (χ3v) is 6.43. The van der Waals surface area contributed by atoms with Gasteiger partial charge in [0.2, 0.25) is 0 Å². The van der Waals surface area contributed by atoms with E-state index in [0.29, 0.717) is 29.6 Å². The molecule has 2 atom stereocenters. The van der Waals surface area contributed by atoms with Gasteiger partial charge in [-0.1, -0.05) is 41.9 Å². The summed E-state index contributed by atoms with van der Waals surface area (Å²) in [5, 5.41) is 10.6. The number of piperidine rings is 1. The molecule has 2 fully saturated rings. The lowest BCUT2D eigenvalue weighted by atomic mass is 9.90. The molecule has 2 aliphatic rings. The molecule has 0 radical (unpaired) electrons. The molecule has 27 heavy (non-hydrogen) atoms. The first-order chi connectivity index (χ1) is 13.0. The molecule has 2 aromatic rings. The van der Waals surface area contributed by atoms with Gasteiger partial charge >= 0.3 is 6.09 Å². The van der Waals surface area contributed by atoms with E-state index in [-0.39, 0.29) is 0 Å². The van der Waals surface area contributed by atoms with E-state index in [9.17, 15) is 9.90 Å². The van der Waals surface area contributed by atoms with E-state index >= 15 is 0 Å².